The summed E-state index contributed by atoms with van der Waals surface area (Å²) in [4.78, 5) is 23.7. The average Bonchev–Trinajstić information content (AvgIpc) is 2.54. The molecule has 2 atom stereocenters. The molecule has 0 aromatic heterocycles. The Balaban J connectivity index is 2.12. The summed E-state index contributed by atoms with van der Waals surface area (Å²) in [7, 11) is 3.06. The molecule has 2 rings (SSSR count). The standard InChI is InChI=1S/C16H21NO5/c1-21-13-8-7-10(9-14(13)22-2)17-15(18)11-5-3-4-6-12(11)16(19)20/h7-9,11-12H,3-6H2,1-2H3,(H,17,18)(H,19,20)/t11-,12-/m1/s1. The lowest BCUT2D eigenvalue weighted by atomic mass is 9.78. The minimum atomic E-state index is -0.896. The first-order valence-corrected chi connectivity index (χ1v) is 7.32. The van der Waals surface area contributed by atoms with Crippen molar-refractivity contribution < 1.29 is 24.2 Å². The smallest absolute Gasteiger partial charge is 0.307 e. The number of carboxylic acids is 1. The van der Waals surface area contributed by atoms with Crippen LogP contribution in [-0.2, 0) is 9.59 Å². The topological polar surface area (TPSA) is 84.9 Å². The zero-order chi connectivity index (χ0) is 16.1. The van der Waals surface area contributed by atoms with E-state index in [1.165, 1.54) is 14.2 Å². The molecule has 0 aliphatic heterocycles. The number of carboxylic acid groups (broad SMARTS) is 1. The molecule has 1 amide bonds. The summed E-state index contributed by atoms with van der Waals surface area (Å²) < 4.78 is 10.3. The van der Waals surface area contributed by atoms with Crippen molar-refractivity contribution >= 4 is 17.6 Å². The fraction of sp³-hybridized carbons (Fsp3) is 0.500. The molecule has 6 nitrogen and oxygen atoms in total. The van der Waals surface area contributed by atoms with Crippen molar-refractivity contribution in [1.29, 1.82) is 0 Å². The number of rotatable bonds is 5. The highest BCUT2D eigenvalue weighted by atomic mass is 16.5. The van der Waals surface area contributed by atoms with Gasteiger partial charge >= 0.3 is 5.97 Å². The SMILES string of the molecule is COc1ccc(NC(=O)[C@@H]2CCCC[C@H]2C(=O)O)cc1OC. The zero-order valence-electron chi connectivity index (χ0n) is 12.8. The van der Waals surface area contributed by atoms with Crippen LogP contribution in [0.2, 0.25) is 0 Å². The van der Waals surface area contributed by atoms with Gasteiger partial charge < -0.3 is 19.9 Å². The van der Waals surface area contributed by atoms with Gasteiger partial charge in [-0.2, -0.15) is 0 Å². The van der Waals surface area contributed by atoms with E-state index in [2.05, 4.69) is 5.32 Å². The third kappa shape index (κ3) is 3.50. The minimum absolute atomic E-state index is 0.251. The lowest BCUT2D eigenvalue weighted by molar-refractivity contribution is -0.147. The second-order valence-corrected chi connectivity index (χ2v) is 5.39. The van der Waals surface area contributed by atoms with E-state index in [0.29, 0.717) is 30.0 Å². The molecule has 0 radical (unpaired) electrons. The molecule has 0 heterocycles. The number of hydrogen-bond donors (Lipinski definition) is 2. The van der Waals surface area contributed by atoms with Crippen molar-refractivity contribution in [2.24, 2.45) is 11.8 Å². The molecule has 1 aromatic carbocycles. The first-order chi connectivity index (χ1) is 10.6. The van der Waals surface area contributed by atoms with E-state index in [1.54, 1.807) is 18.2 Å². The van der Waals surface area contributed by atoms with E-state index in [4.69, 9.17) is 9.47 Å². The van der Waals surface area contributed by atoms with Gasteiger partial charge in [-0.05, 0) is 25.0 Å². The summed E-state index contributed by atoms with van der Waals surface area (Å²) in [6.45, 7) is 0. The Morgan fingerprint density at radius 2 is 1.73 bits per heavy atom. The molecule has 0 saturated heterocycles. The third-order valence-electron chi connectivity index (χ3n) is 4.07. The third-order valence-corrected chi connectivity index (χ3v) is 4.07. The number of benzene rings is 1. The van der Waals surface area contributed by atoms with Crippen LogP contribution in [0.3, 0.4) is 0 Å². The van der Waals surface area contributed by atoms with Gasteiger partial charge in [-0.1, -0.05) is 12.8 Å². The monoisotopic (exact) mass is 307 g/mol. The lowest BCUT2D eigenvalue weighted by Crippen LogP contribution is -2.36. The second kappa shape index (κ2) is 7.15. The number of anilines is 1. The van der Waals surface area contributed by atoms with Gasteiger partial charge in [0.2, 0.25) is 5.91 Å². The molecular weight excluding hydrogens is 286 g/mol. The van der Waals surface area contributed by atoms with Gasteiger partial charge in [0, 0.05) is 11.8 Å². The van der Waals surface area contributed by atoms with Crippen LogP contribution >= 0.6 is 0 Å². The average molecular weight is 307 g/mol. The van der Waals surface area contributed by atoms with Crippen molar-refractivity contribution in [2.45, 2.75) is 25.7 Å². The maximum atomic E-state index is 12.4. The normalized spacial score (nSPS) is 21.0. The Morgan fingerprint density at radius 1 is 1.09 bits per heavy atom. The largest absolute Gasteiger partial charge is 0.493 e. The summed E-state index contributed by atoms with van der Waals surface area (Å²) >= 11 is 0. The molecule has 2 N–H and O–H groups in total. The molecule has 1 aliphatic rings. The van der Waals surface area contributed by atoms with Crippen molar-refractivity contribution in [3.05, 3.63) is 18.2 Å². The van der Waals surface area contributed by atoms with Crippen LogP contribution in [0.1, 0.15) is 25.7 Å². The predicted octanol–water partition coefficient (Wildman–Crippen LogP) is 2.53. The highest BCUT2D eigenvalue weighted by molar-refractivity contribution is 5.95. The molecule has 0 unspecified atom stereocenters. The van der Waals surface area contributed by atoms with Crippen molar-refractivity contribution in [1.82, 2.24) is 0 Å². The number of ether oxygens (including phenoxy) is 2. The van der Waals surface area contributed by atoms with E-state index in [9.17, 15) is 14.7 Å². The first-order valence-electron chi connectivity index (χ1n) is 7.32. The maximum Gasteiger partial charge on any atom is 0.307 e. The Labute approximate surface area is 129 Å². The molecule has 1 aromatic rings. The van der Waals surface area contributed by atoms with Crippen LogP contribution in [0.15, 0.2) is 18.2 Å². The Bertz CT molecular complexity index is 557. The van der Waals surface area contributed by atoms with Gasteiger partial charge in [0.25, 0.3) is 0 Å². The molecule has 22 heavy (non-hydrogen) atoms. The first kappa shape index (κ1) is 16.1. The van der Waals surface area contributed by atoms with Crippen LogP contribution in [0, 0.1) is 11.8 Å². The quantitative estimate of drug-likeness (QED) is 0.873. The summed E-state index contributed by atoms with van der Waals surface area (Å²) in [5.74, 6) is -1.15. The number of carbonyl (C=O) groups excluding carboxylic acids is 1. The van der Waals surface area contributed by atoms with Crippen LogP contribution in [0.4, 0.5) is 5.69 Å². The van der Waals surface area contributed by atoms with E-state index < -0.39 is 17.8 Å². The van der Waals surface area contributed by atoms with Gasteiger partial charge in [-0.25, -0.2) is 0 Å². The number of amides is 1. The molecule has 0 bridgehead atoms. The van der Waals surface area contributed by atoms with Crippen molar-refractivity contribution in [3.63, 3.8) is 0 Å². The Kier molecular flexibility index (Phi) is 5.25. The lowest BCUT2D eigenvalue weighted by Gasteiger charge is -2.27. The Morgan fingerprint density at radius 3 is 2.32 bits per heavy atom. The molecule has 6 heteroatoms. The van der Waals surface area contributed by atoms with Gasteiger partial charge in [0.05, 0.1) is 26.1 Å². The van der Waals surface area contributed by atoms with E-state index in [-0.39, 0.29) is 5.91 Å². The fourth-order valence-electron chi connectivity index (χ4n) is 2.89. The summed E-state index contributed by atoms with van der Waals surface area (Å²) in [5.41, 5.74) is 0.567. The molecular formula is C16H21NO5. The van der Waals surface area contributed by atoms with Crippen molar-refractivity contribution in [3.8, 4) is 11.5 Å². The number of nitrogens with one attached hydrogen (secondary N) is 1. The molecule has 1 saturated carbocycles. The van der Waals surface area contributed by atoms with Gasteiger partial charge in [0.15, 0.2) is 11.5 Å². The van der Waals surface area contributed by atoms with Gasteiger partial charge in [0.1, 0.15) is 0 Å². The highest BCUT2D eigenvalue weighted by Gasteiger charge is 2.35. The van der Waals surface area contributed by atoms with Gasteiger partial charge in [-0.15, -0.1) is 0 Å². The van der Waals surface area contributed by atoms with E-state index >= 15 is 0 Å². The fourth-order valence-corrected chi connectivity index (χ4v) is 2.89. The van der Waals surface area contributed by atoms with Crippen molar-refractivity contribution in [2.75, 3.05) is 19.5 Å². The summed E-state index contributed by atoms with van der Waals surface area (Å²) in [6, 6.07) is 5.07. The van der Waals surface area contributed by atoms with E-state index in [1.807, 2.05) is 0 Å². The highest BCUT2D eigenvalue weighted by Crippen LogP contribution is 2.33. The number of hydrogen-bond acceptors (Lipinski definition) is 4. The van der Waals surface area contributed by atoms with Crippen LogP contribution < -0.4 is 14.8 Å². The Hall–Kier alpha value is -2.24. The minimum Gasteiger partial charge on any atom is -0.493 e. The van der Waals surface area contributed by atoms with Crippen LogP contribution in [0.25, 0.3) is 0 Å². The maximum absolute atomic E-state index is 12.4. The molecule has 120 valence electrons. The molecule has 1 fully saturated rings. The van der Waals surface area contributed by atoms with Gasteiger partial charge in [-0.3, -0.25) is 9.59 Å². The number of methoxy groups -OCH3 is 2. The summed E-state index contributed by atoms with van der Waals surface area (Å²) in [6.07, 6.45) is 2.90. The number of aliphatic carboxylic acids is 1. The zero-order valence-corrected chi connectivity index (χ0v) is 12.8. The van der Waals surface area contributed by atoms with Crippen LogP contribution in [-0.4, -0.2) is 31.2 Å². The number of carbonyl (C=O) groups is 2. The second-order valence-electron chi connectivity index (χ2n) is 5.39. The molecule has 1 aliphatic carbocycles. The predicted molar refractivity (Wildman–Crippen MR) is 81.3 cm³/mol. The van der Waals surface area contributed by atoms with Crippen LogP contribution in [0.5, 0.6) is 11.5 Å². The summed E-state index contributed by atoms with van der Waals surface area (Å²) in [5, 5.41) is 12.0. The molecule has 0 spiro atoms. The van der Waals surface area contributed by atoms with E-state index in [0.717, 1.165) is 12.8 Å².